The average molecular weight is 319 g/mol. The molecule has 0 radical (unpaired) electrons. The van der Waals surface area contributed by atoms with E-state index >= 15 is 0 Å². The summed E-state index contributed by atoms with van der Waals surface area (Å²) in [5.74, 6) is 0.0309. The van der Waals surface area contributed by atoms with Crippen molar-refractivity contribution in [2.75, 3.05) is 0 Å². The second-order valence-corrected chi connectivity index (χ2v) is 6.06. The Morgan fingerprint density at radius 2 is 1.83 bits per heavy atom. The molecule has 0 saturated carbocycles. The molecule has 0 unspecified atom stereocenters. The van der Waals surface area contributed by atoms with Crippen molar-refractivity contribution in [2.45, 2.75) is 0 Å². The van der Waals surface area contributed by atoms with Crippen LogP contribution in [0.2, 0.25) is 0 Å². The van der Waals surface area contributed by atoms with E-state index in [1.807, 2.05) is 54.6 Å². The van der Waals surface area contributed by atoms with E-state index in [-0.39, 0.29) is 5.78 Å². The lowest BCUT2D eigenvalue weighted by Gasteiger charge is -1.89. The number of ketones is 1. The van der Waals surface area contributed by atoms with E-state index in [9.17, 15) is 4.79 Å². The second-order valence-electron chi connectivity index (χ2n) is 3.60. The van der Waals surface area contributed by atoms with Crippen molar-refractivity contribution >= 4 is 39.1 Å². The monoisotopic (exact) mass is 318 g/mol. The van der Waals surface area contributed by atoms with Crippen LogP contribution in [0.1, 0.15) is 15.2 Å². The zero-order valence-electron chi connectivity index (χ0n) is 9.55. The highest BCUT2D eigenvalue weighted by Gasteiger charge is 2.03. The Hall–Kier alpha value is -1.45. The lowest BCUT2D eigenvalue weighted by Crippen LogP contribution is -1.87. The van der Waals surface area contributed by atoms with Gasteiger partial charge in [-0.2, -0.15) is 0 Å². The van der Waals surface area contributed by atoms with Crippen LogP contribution in [0.15, 0.2) is 64.5 Å². The van der Waals surface area contributed by atoms with Crippen LogP contribution in [0.25, 0.3) is 6.08 Å². The van der Waals surface area contributed by atoms with Gasteiger partial charge in [0, 0.05) is 0 Å². The van der Waals surface area contributed by atoms with Crippen molar-refractivity contribution in [1.82, 2.24) is 0 Å². The third-order valence-electron chi connectivity index (χ3n) is 2.26. The standard InChI is InChI=1S/C15H11BrOS/c16-15-11-10-14(18-15)13(17)9-5-4-8-12-6-2-1-3-7-12/h1-11H/b8-4+,9-5+. The summed E-state index contributed by atoms with van der Waals surface area (Å²) in [7, 11) is 0. The molecule has 1 nitrogen and oxygen atoms in total. The minimum atomic E-state index is 0.0309. The maximum Gasteiger partial charge on any atom is 0.195 e. The molecule has 90 valence electrons. The first-order valence-electron chi connectivity index (χ1n) is 5.45. The Balaban J connectivity index is 1.96. The van der Waals surface area contributed by atoms with Gasteiger partial charge in [0.2, 0.25) is 0 Å². The molecule has 2 aromatic rings. The predicted octanol–water partition coefficient (Wildman–Crippen LogP) is 4.96. The zero-order chi connectivity index (χ0) is 12.8. The van der Waals surface area contributed by atoms with Crippen LogP contribution in [0.3, 0.4) is 0 Å². The molecule has 2 rings (SSSR count). The molecule has 0 fully saturated rings. The molecule has 0 bridgehead atoms. The third-order valence-corrected chi connectivity index (χ3v) is 3.90. The number of carbonyl (C=O) groups is 1. The number of benzene rings is 1. The van der Waals surface area contributed by atoms with Crippen LogP contribution in [0.5, 0.6) is 0 Å². The molecule has 0 atom stereocenters. The first-order valence-corrected chi connectivity index (χ1v) is 7.06. The number of allylic oxidation sites excluding steroid dienone is 3. The number of thiophene rings is 1. The van der Waals surface area contributed by atoms with Crippen LogP contribution in [0, 0.1) is 0 Å². The van der Waals surface area contributed by atoms with Gasteiger partial charge >= 0.3 is 0 Å². The summed E-state index contributed by atoms with van der Waals surface area (Å²) in [6.45, 7) is 0. The Bertz CT molecular complexity index is 582. The molecule has 18 heavy (non-hydrogen) atoms. The Morgan fingerprint density at radius 3 is 2.50 bits per heavy atom. The lowest BCUT2D eigenvalue weighted by molar-refractivity contribution is 0.105. The highest BCUT2D eigenvalue weighted by atomic mass is 79.9. The normalized spacial score (nSPS) is 11.4. The zero-order valence-corrected chi connectivity index (χ0v) is 11.9. The summed E-state index contributed by atoms with van der Waals surface area (Å²) >= 11 is 4.78. The molecule has 0 amide bonds. The molecule has 1 heterocycles. The molecule has 0 spiro atoms. The fourth-order valence-corrected chi connectivity index (χ4v) is 2.71. The van der Waals surface area contributed by atoms with Gasteiger partial charge in [0.05, 0.1) is 8.66 Å². The molecular formula is C15H11BrOS. The van der Waals surface area contributed by atoms with Crippen LogP contribution in [-0.2, 0) is 0 Å². The first kappa shape index (κ1) is 13.0. The van der Waals surface area contributed by atoms with E-state index in [0.717, 1.165) is 14.2 Å². The van der Waals surface area contributed by atoms with Crippen molar-refractivity contribution in [2.24, 2.45) is 0 Å². The van der Waals surface area contributed by atoms with Gasteiger partial charge in [-0.3, -0.25) is 4.79 Å². The predicted molar refractivity (Wildman–Crippen MR) is 81.0 cm³/mol. The van der Waals surface area contributed by atoms with E-state index in [1.54, 1.807) is 12.2 Å². The molecule has 3 heteroatoms. The molecule has 1 aromatic heterocycles. The molecule has 1 aromatic carbocycles. The van der Waals surface area contributed by atoms with E-state index < -0.39 is 0 Å². The summed E-state index contributed by atoms with van der Waals surface area (Å²) in [6, 6.07) is 13.7. The van der Waals surface area contributed by atoms with Gasteiger partial charge in [-0.25, -0.2) is 0 Å². The van der Waals surface area contributed by atoms with Crippen LogP contribution in [0.4, 0.5) is 0 Å². The van der Waals surface area contributed by atoms with E-state index in [2.05, 4.69) is 15.9 Å². The molecule has 0 aliphatic rings. The Labute approximate surface area is 119 Å². The van der Waals surface area contributed by atoms with Gasteiger partial charge in [-0.05, 0) is 39.7 Å². The van der Waals surface area contributed by atoms with Gasteiger partial charge in [0.1, 0.15) is 0 Å². The summed E-state index contributed by atoms with van der Waals surface area (Å²) in [5.41, 5.74) is 1.12. The van der Waals surface area contributed by atoms with Gasteiger partial charge in [-0.15, -0.1) is 11.3 Å². The highest BCUT2D eigenvalue weighted by Crippen LogP contribution is 2.22. The number of hydrogen-bond donors (Lipinski definition) is 0. The number of rotatable bonds is 4. The SMILES string of the molecule is O=C(/C=C/C=C/c1ccccc1)c1ccc(Br)s1. The maximum absolute atomic E-state index is 11.7. The first-order chi connectivity index (χ1) is 8.75. The van der Waals surface area contributed by atoms with Crippen molar-refractivity contribution in [3.8, 4) is 0 Å². The van der Waals surface area contributed by atoms with E-state index in [4.69, 9.17) is 0 Å². The van der Waals surface area contributed by atoms with Crippen molar-refractivity contribution in [3.05, 3.63) is 74.9 Å². The van der Waals surface area contributed by atoms with Crippen LogP contribution in [-0.4, -0.2) is 5.78 Å². The van der Waals surface area contributed by atoms with Crippen molar-refractivity contribution in [3.63, 3.8) is 0 Å². The summed E-state index contributed by atoms with van der Waals surface area (Å²) in [6.07, 6.45) is 7.19. The summed E-state index contributed by atoms with van der Waals surface area (Å²) in [5, 5.41) is 0. The van der Waals surface area contributed by atoms with E-state index in [1.165, 1.54) is 11.3 Å². The van der Waals surface area contributed by atoms with E-state index in [0.29, 0.717) is 0 Å². The minimum absolute atomic E-state index is 0.0309. The van der Waals surface area contributed by atoms with Gasteiger partial charge in [-0.1, -0.05) is 48.6 Å². The second kappa shape index (κ2) is 6.47. The quantitative estimate of drug-likeness (QED) is 0.442. The fraction of sp³-hybridized carbons (Fsp3) is 0. The molecule has 0 aliphatic carbocycles. The van der Waals surface area contributed by atoms with Crippen molar-refractivity contribution < 1.29 is 4.79 Å². The third kappa shape index (κ3) is 3.79. The highest BCUT2D eigenvalue weighted by molar-refractivity contribution is 9.11. The lowest BCUT2D eigenvalue weighted by atomic mass is 10.2. The Morgan fingerprint density at radius 1 is 1.06 bits per heavy atom. The topological polar surface area (TPSA) is 17.1 Å². The average Bonchev–Trinajstić information content (AvgIpc) is 2.82. The Kier molecular flexibility index (Phi) is 4.67. The van der Waals surface area contributed by atoms with Gasteiger partial charge < -0.3 is 0 Å². The smallest absolute Gasteiger partial charge is 0.195 e. The minimum Gasteiger partial charge on any atom is -0.288 e. The van der Waals surface area contributed by atoms with Gasteiger partial charge in [0.15, 0.2) is 5.78 Å². The maximum atomic E-state index is 11.7. The number of carbonyl (C=O) groups excluding carboxylic acids is 1. The van der Waals surface area contributed by atoms with Gasteiger partial charge in [0.25, 0.3) is 0 Å². The van der Waals surface area contributed by atoms with Crippen molar-refractivity contribution in [1.29, 1.82) is 0 Å². The number of hydrogen-bond acceptors (Lipinski definition) is 2. The fourth-order valence-electron chi connectivity index (χ4n) is 1.40. The molecule has 0 saturated heterocycles. The summed E-state index contributed by atoms with van der Waals surface area (Å²) in [4.78, 5) is 12.5. The van der Waals surface area contributed by atoms with Crippen LogP contribution >= 0.6 is 27.3 Å². The van der Waals surface area contributed by atoms with Crippen LogP contribution < -0.4 is 0 Å². The summed E-state index contributed by atoms with van der Waals surface area (Å²) < 4.78 is 0.971. The largest absolute Gasteiger partial charge is 0.288 e. The molecule has 0 N–H and O–H groups in total. The molecule has 0 aliphatic heterocycles. The molecular weight excluding hydrogens is 308 g/mol. The number of halogens is 1.